The standard InChI is InChI=1S/C19H22N4O3/c1-26-18(25)14-7-6-8-16(11-14)22-17(24)15-12-20-19(21-13-15)23-9-4-2-3-5-10-23/h6-8,11-13H,2-5,9-10H2,1H3,(H,22,24). The highest BCUT2D eigenvalue weighted by Gasteiger charge is 2.14. The molecule has 26 heavy (non-hydrogen) atoms. The SMILES string of the molecule is COC(=O)c1cccc(NC(=O)c2cnc(N3CCCCCC3)nc2)c1. The lowest BCUT2D eigenvalue weighted by molar-refractivity contribution is 0.0600. The first-order chi connectivity index (χ1) is 12.7. The summed E-state index contributed by atoms with van der Waals surface area (Å²) in [5.74, 6) is -0.114. The predicted octanol–water partition coefficient (Wildman–Crippen LogP) is 2.90. The van der Waals surface area contributed by atoms with Crippen LogP contribution in [0.4, 0.5) is 11.6 Å². The maximum Gasteiger partial charge on any atom is 0.337 e. The number of ether oxygens (including phenoxy) is 1. The lowest BCUT2D eigenvalue weighted by atomic mass is 10.2. The molecule has 1 fully saturated rings. The Labute approximate surface area is 152 Å². The Kier molecular flexibility index (Phi) is 5.78. The molecule has 0 aliphatic carbocycles. The van der Waals surface area contributed by atoms with Gasteiger partial charge in [-0.05, 0) is 31.0 Å². The highest BCUT2D eigenvalue weighted by molar-refractivity contribution is 6.04. The van der Waals surface area contributed by atoms with E-state index in [9.17, 15) is 9.59 Å². The Morgan fingerprint density at radius 1 is 1.04 bits per heavy atom. The number of anilines is 2. The van der Waals surface area contributed by atoms with E-state index in [0.29, 0.717) is 22.8 Å². The van der Waals surface area contributed by atoms with Crippen LogP contribution in [0.1, 0.15) is 46.4 Å². The van der Waals surface area contributed by atoms with Gasteiger partial charge in [-0.1, -0.05) is 18.9 Å². The van der Waals surface area contributed by atoms with Crippen molar-refractivity contribution in [2.75, 3.05) is 30.4 Å². The summed E-state index contributed by atoms with van der Waals surface area (Å²) in [6.07, 6.45) is 7.83. The molecule has 3 rings (SSSR count). The minimum absolute atomic E-state index is 0.325. The Morgan fingerprint density at radius 3 is 2.38 bits per heavy atom. The predicted molar refractivity (Wildman–Crippen MR) is 98.4 cm³/mol. The van der Waals surface area contributed by atoms with Crippen LogP contribution in [0.2, 0.25) is 0 Å². The fourth-order valence-corrected chi connectivity index (χ4v) is 2.92. The molecule has 2 aromatic rings. The Bertz CT molecular complexity index is 769. The van der Waals surface area contributed by atoms with Crippen molar-refractivity contribution < 1.29 is 14.3 Å². The van der Waals surface area contributed by atoms with E-state index in [1.165, 1.54) is 32.3 Å². The Morgan fingerprint density at radius 2 is 1.73 bits per heavy atom. The van der Waals surface area contributed by atoms with Crippen LogP contribution in [-0.2, 0) is 4.74 Å². The number of hydrogen-bond acceptors (Lipinski definition) is 6. The Balaban J connectivity index is 1.67. The zero-order chi connectivity index (χ0) is 18.4. The highest BCUT2D eigenvalue weighted by Crippen LogP contribution is 2.16. The minimum atomic E-state index is -0.453. The molecule has 0 saturated carbocycles. The van der Waals surface area contributed by atoms with Crippen molar-refractivity contribution in [3.63, 3.8) is 0 Å². The van der Waals surface area contributed by atoms with Crippen molar-refractivity contribution in [1.29, 1.82) is 0 Å². The fourth-order valence-electron chi connectivity index (χ4n) is 2.92. The van der Waals surface area contributed by atoms with Crippen molar-refractivity contribution >= 4 is 23.5 Å². The maximum absolute atomic E-state index is 12.4. The molecule has 1 aromatic heterocycles. The lowest BCUT2D eigenvalue weighted by Crippen LogP contribution is -2.26. The fraction of sp³-hybridized carbons (Fsp3) is 0.368. The van der Waals surface area contributed by atoms with Gasteiger partial charge in [-0.2, -0.15) is 0 Å². The van der Waals surface area contributed by atoms with Gasteiger partial charge in [-0.15, -0.1) is 0 Å². The first-order valence-electron chi connectivity index (χ1n) is 8.74. The van der Waals surface area contributed by atoms with E-state index >= 15 is 0 Å². The van der Waals surface area contributed by atoms with Crippen LogP contribution in [0.5, 0.6) is 0 Å². The van der Waals surface area contributed by atoms with Crippen LogP contribution in [0.15, 0.2) is 36.7 Å². The third-order valence-electron chi connectivity index (χ3n) is 4.33. The van der Waals surface area contributed by atoms with Gasteiger partial charge >= 0.3 is 5.97 Å². The smallest absolute Gasteiger partial charge is 0.337 e. The third-order valence-corrected chi connectivity index (χ3v) is 4.33. The van der Waals surface area contributed by atoms with Crippen molar-refractivity contribution in [1.82, 2.24) is 9.97 Å². The van der Waals surface area contributed by atoms with Crippen molar-refractivity contribution in [2.24, 2.45) is 0 Å². The van der Waals surface area contributed by atoms with Crippen LogP contribution in [0.25, 0.3) is 0 Å². The molecule has 1 amide bonds. The van der Waals surface area contributed by atoms with Gasteiger partial charge in [0.1, 0.15) is 0 Å². The molecule has 1 N–H and O–H groups in total. The van der Waals surface area contributed by atoms with Gasteiger partial charge < -0.3 is 15.0 Å². The number of benzene rings is 1. The summed E-state index contributed by atoms with van der Waals surface area (Å²) in [6, 6.07) is 6.58. The third kappa shape index (κ3) is 4.36. The van der Waals surface area contributed by atoms with E-state index in [1.54, 1.807) is 24.3 Å². The van der Waals surface area contributed by atoms with Crippen LogP contribution in [0.3, 0.4) is 0 Å². The van der Waals surface area contributed by atoms with E-state index in [2.05, 4.69) is 24.9 Å². The number of carbonyl (C=O) groups is 2. The highest BCUT2D eigenvalue weighted by atomic mass is 16.5. The second-order valence-electron chi connectivity index (χ2n) is 6.20. The number of nitrogens with zero attached hydrogens (tertiary/aromatic N) is 3. The van der Waals surface area contributed by atoms with Crippen molar-refractivity contribution in [2.45, 2.75) is 25.7 Å². The number of amides is 1. The molecule has 0 radical (unpaired) electrons. The van der Waals surface area contributed by atoms with Gasteiger partial charge in [0.15, 0.2) is 0 Å². The van der Waals surface area contributed by atoms with E-state index in [1.807, 2.05) is 0 Å². The summed E-state index contributed by atoms with van der Waals surface area (Å²) < 4.78 is 4.68. The van der Waals surface area contributed by atoms with Gasteiger partial charge in [-0.3, -0.25) is 4.79 Å². The summed E-state index contributed by atoms with van der Waals surface area (Å²) in [5, 5.41) is 2.75. The number of rotatable bonds is 4. The molecule has 136 valence electrons. The normalized spacial score (nSPS) is 14.4. The van der Waals surface area contributed by atoms with E-state index in [0.717, 1.165) is 25.9 Å². The molecule has 1 aliphatic heterocycles. The zero-order valence-electron chi connectivity index (χ0n) is 14.8. The van der Waals surface area contributed by atoms with Gasteiger partial charge in [0.2, 0.25) is 5.95 Å². The average Bonchev–Trinajstić information content (AvgIpc) is 2.97. The molecule has 0 atom stereocenters. The number of nitrogens with one attached hydrogen (secondary N) is 1. The molecule has 1 saturated heterocycles. The second kappa shape index (κ2) is 8.42. The number of methoxy groups -OCH3 is 1. The zero-order valence-corrected chi connectivity index (χ0v) is 14.8. The molecule has 0 bridgehead atoms. The van der Waals surface area contributed by atoms with E-state index < -0.39 is 5.97 Å². The van der Waals surface area contributed by atoms with Crippen LogP contribution >= 0.6 is 0 Å². The summed E-state index contributed by atoms with van der Waals surface area (Å²) in [5.41, 5.74) is 1.25. The van der Waals surface area contributed by atoms with Crippen LogP contribution < -0.4 is 10.2 Å². The summed E-state index contributed by atoms with van der Waals surface area (Å²) in [7, 11) is 1.32. The summed E-state index contributed by atoms with van der Waals surface area (Å²) in [6.45, 7) is 1.90. The van der Waals surface area contributed by atoms with Gasteiger partial charge in [0.25, 0.3) is 5.91 Å². The molecule has 7 nitrogen and oxygen atoms in total. The first-order valence-corrected chi connectivity index (χ1v) is 8.74. The lowest BCUT2D eigenvalue weighted by Gasteiger charge is -2.19. The minimum Gasteiger partial charge on any atom is -0.465 e. The molecule has 7 heteroatoms. The second-order valence-corrected chi connectivity index (χ2v) is 6.20. The van der Waals surface area contributed by atoms with Crippen LogP contribution in [-0.4, -0.2) is 42.0 Å². The van der Waals surface area contributed by atoms with Crippen LogP contribution in [0, 0.1) is 0 Å². The van der Waals surface area contributed by atoms with Gasteiger partial charge in [-0.25, -0.2) is 14.8 Å². The number of aromatic nitrogens is 2. The molecule has 1 aliphatic rings. The van der Waals surface area contributed by atoms with Crippen molar-refractivity contribution in [3.05, 3.63) is 47.8 Å². The molecule has 0 unspecified atom stereocenters. The number of esters is 1. The van der Waals surface area contributed by atoms with E-state index in [-0.39, 0.29) is 5.91 Å². The molecule has 1 aromatic carbocycles. The van der Waals surface area contributed by atoms with E-state index in [4.69, 9.17) is 0 Å². The van der Waals surface area contributed by atoms with Gasteiger partial charge in [0, 0.05) is 31.2 Å². The number of hydrogen-bond donors (Lipinski definition) is 1. The largest absolute Gasteiger partial charge is 0.465 e. The quantitative estimate of drug-likeness (QED) is 0.850. The molecule has 0 spiro atoms. The average molecular weight is 354 g/mol. The molecular weight excluding hydrogens is 332 g/mol. The molecule has 2 heterocycles. The Hall–Kier alpha value is -2.96. The van der Waals surface area contributed by atoms with Crippen molar-refractivity contribution in [3.8, 4) is 0 Å². The first kappa shape index (κ1) is 17.8. The molecular formula is C19H22N4O3. The summed E-state index contributed by atoms with van der Waals surface area (Å²) in [4.78, 5) is 34.8. The monoisotopic (exact) mass is 354 g/mol. The number of carbonyl (C=O) groups excluding carboxylic acids is 2. The summed E-state index contributed by atoms with van der Waals surface area (Å²) >= 11 is 0. The van der Waals surface area contributed by atoms with Gasteiger partial charge in [0.05, 0.1) is 18.2 Å². The topological polar surface area (TPSA) is 84.4 Å². The maximum atomic E-state index is 12.4.